The number of likely N-dealkylation sites (N-methyl/N-ethyl adjacent to an activating group) is 1. The molecule has 0 radical (unpaired) electrons. The van der Waals surface area contributed by atoms with E-state index in [4.69, 9.17) is 4.74 Å². The van der Waals surface area contributed by atoms with Crippen LogP contribution >= 0.6 is 0 Å². The standard InChI is InChI=1S/C17H16F2N2O4S/c1-2-21-7-8-25-15-5-4-12(10-13(15)17(21)22)20-26(23,24)16-6-3-11(18)9-14(16)19/h3-6,9-10,20H,2,7-8H2,1H3. The van der Waals surface area contributed by atoms with Gasteiger partial charge >= 0.3 is 0 Å². The fourth-order valence-electron chi connectivity index (χ4n) is 2.63. The van der Waals surface area contributed by atoms with Crippen LogP contribution < -0.4 is 9.46 Å². The van der Waals surface area contributed by atoms with Crippen LogP contribution in [-0.2, 0) is 10.0 Å². The Morgan fingerprint density at radius 3 is 2.65 bits per heavy atom. The molecule has 0 unspecified atom stereocenters. The molecule has 0 atom stereocenters. The summed E-state index contributed by atoms with van der Waals surface area (Å²) in [4.78, 5) is 13.4. The predicted molar refractivity (Wildman–Crippen MR) is 90.7 cm³/mol. The van der Waals surface area contributed by atoms with E-state index in [1.165, 1.54) is 18.2 Å². The van der Waals surface area contributed by atoms with E-state index in [0.29, 0.717) is 31.5 Å². The topological polar surface area (TPSA) is 75.7 Å². The molecular weight excluding hydrogens is 366 g/mol. The van der Waals surface area contributed by atoms with E-state index >= 15 is 0 Å². The van der Waals surface area contributed by atoms with Crippen LogP contribution in [0.3, 0.4) is 0 Å². The second-order valence-electron chi connectivity index (χ2n) is 5.62. The van der Waals surface area contributed by atoms with Crippen LogP contribution in [0.15, 0.2) is 41.3 Å². The molecule has 0 saturated carbocycles. The van der Waals surface area contributed by atoms with Crippen molar-refractivity contribution in [1.82, 2.24) is 4.90 Å². The molecule has 0 saturated heterocycles. The second kappa shape index (κ2) is 6.91. The number of hydrogen-bond acceptors (Lipinski definition) is 4. The Bertz CT molecular complexity index is 963. The number of fused-ring (bicyclic) bond motifs is 1. The highest BCUT2D eigenvalue weighted by Crippen LogP contribution is 2.28. The minimum atomic E-state index is -4.29. The van der Waals surface area contributed by atoms with E-state index in [0.717, 1.165) is 12.1 Å². The summed E-state index contributed by atoms with van der Waals surface area (Å²) in [5.74, 6) is -2.02. The summed E-state index contributed by atoms with van der Waals surface area (Å²) >= 11 is 0. The number of carbonyl (C=O) groups excluding carboxylic acids is 1. The van der Waals surface area contributed by atoms with Gasteiger partial charge in [0.1, 0.15) is 28.9 Å². The minimum Gasteiger partial charge on any atom is -0.491 e. The molecule has 1 aliphatic heterocycles. The van der Waals surface area contributed by atoms with E-state index in [1.54, 1.807) is 4.90 Å². The summed E-state index contributed by atoms with van der Waals surface area (Å²) in [5, 5.41) is 0. The van der Waals surface area contributed by atoms with Gasteiger partial charge in [-0.25, -0.2) is 17.2 Å². The maximum absolute atomic E-state index is 13.8. The van der Waals surface area contributed by atoms with Crippen LogP contribution in [-0.4, -0.2) is 38.9 Å². The van der Waals surface area contributed by atoms with E-state index in [2.05, 4.69) is 4.72 Å². The van der Waals surface area contributed by atoms with E-state index in [1.807, 2.05) is 6.92 Å². The lowest BCUT2D eigenvalue weighted by molar-refractivity contribution is 0.0765. The summed E-state index contributed by atoms with van der Waals surface area (Å²) in [5.41, 5.74) is 0.284. The number of amides is 1. The molecular formula is C17H16F2N2O4S. The third-order valence-electron chi connectivity index (χ3n) is 3.93. The number of halogens is 2. The number of benzene rings is 2. The van der Waals surface area contributed by atoms with Gasteiger partial charge in [-0.3, -0.25) is 9.52 Å². The number of sulfonamides is 1. The molecule has 1 amide bonds. The van der Waals surface area contributed by atoms with Gasteiger partial charge in [0.2, 0.25) is 0 Å². The molecule has 3 rings (SSSR count). The molecule has 9 heteroatoms. The molecule has 1 aliphatic rings. The molecule has 0 fully saturated rings. The molecule has 0 bridgehead atoms. The maximum Gasteiger partial charge on any atom is 0.264 e. The summed E-state index contributed by atoms with van der Waals surface area (Å²) in [7, 11) is -4.29. The van der Waals surface area contributed by atoms with E-state index in [-0.39, 0.29) is 17.2 Å². The Morgan fingerprint density at radius 2 is 1.96 bits per heavy atom. The molecule has 6 nitrogen and oxygen atoms in total. The Kier molecular flexibility index (Phi) is 4.82. The van der Waals surface area contributed by atoms with Crippen LogP contribution in [0, 0.1) is 11.6 Å². The molecule has 26 heavy (non-hydrogen) atoms. The van der Waals surface area contributed by atoms with Crippen LogP contribution in [0.5, 0.6) is 5.75 Å². The van der Waals surface area contributed by atoms with Crippen molar-refractivity contribution in [2.75, 3.05) is 24.4 Å². The molecule has 0 spiro atoms. The highest BCUT2D eigenvalue weighted by molar-refractivity contribution is 7.92. The number of anilines is 1. The Labute approximate surface area is 149 Å². The van der Waals surface area contributed by atoms with Crippen molar-refractivity contribution in [2.45, 2.75) is 11.8 Å². The quantitative estimate of drug-likeness (QED) is 0.882. The Balaban J connectivity index is 1.95. The van der Waals surface area contributed by atoms with Gasteiger partial charge in [0.15, 0.2) is 0 Å². The van der Waals surface area contributed by atoms with Gasteiger partial charge in [-0.2, -0.15) is 0 Å². The first-order chi connectivity index (χ1) is 12.3. The van der Waals surface area contributed by atoms with Crippen molar-refractivity contribution in [3.05, 3.63) is 53.6 Å². The zero-order valence-corrected chi connectivity index (χ0v) is 14.6. The first-order valence-electron chi connectivity index (χ1n) is 7.86. The third kappa shape index (κ3) is 3.48. The molecule has 0 aliphatic carbocycles. The highest BCUT2D eigenvalue weighted by atomic mass is 32.2. The summed E-state index contributed by atoms with van der Waals surface area (Å²) in [6, 6.07) is 6.40. The number of nitrogens with one attached hydrogen (secondary N) is 1. The molecule has 138 valence electrons. The average molecular weight is 382 g/mol. The van der Waals surface area contributed by atoms with Crippen LogP contribution in [0.2, 0.25) is 0 Å². The van der Waals surface area contributed by atoms with Crippen molar-refractivity contribution in [3.63, 3.8) is 0 Å². The lowest BCUT2D eigenvalue weighted by Gasteiger charge is -2.17. The van der Waals surface area contributed by atoms with Gasteiger partial charge in [0.25, 0.3) is 15.9 Å². The largest absolute Gasteiger partial charge is 0.491 e. The van der Waals surface area contributed by atoms with Gasteiger partial charge in [0.05, 0.1) is 12.1 Å². The third-order valence-corrected chi connectivity index (χ3v) is 5.35. The van der Waals surface area contributed by atoms with Crippen LogP contribution in [0.25, 0.3) is 0 Å². The first-order valence-corrected chi connectivity index (χ1v) is 9.34. The zero-order valence-electron chi connectivity index (χ0n) is 13.8. The summed E-state index contributed by atoms with van der Waals surface area (Å²) in [6.45, 7) is 3.06. The van der Waals surface area contributed by atoms with Crippen LogP contribution in [0.4, 0.5) is 14.5 Å². The molecule has 2 aromatic carbocycles. The van der Waals surface area contributed by atoms with E-state index < -0.39 is 26.6 Å². The van der Waals surface area contributed by atoms with Crippen molar-refractivity contribution >= 4 is 21.6 Å². The van der Waals surface area contributed by atoms with Crippen molar-refractivity contribution in [2.24, 2.45) is 0 Å². The van der Waals surface area contributed by atoms with Crippen molar-refractivity contribution in [1.29, 1.82) is 0 Å². The molecule has 2 aromatic rings. The fourth-order valence-corrected chi connectivity index (χ4v) is 3.74. The minimum absolute atomic E-state index is 0.0716. The Morgan fingerprint density at radius 1 is 1.19 bits per heavy atom. The number of nitrogens with zero attached hydrogens (tertiary/aromatic N) is 1. The highest BCUT2D eigenvalue weighted by Gasteiger charge is 2.25. The molecule has 1 heterocycles. The number of ether oxygens (including phenoxy) is 1. The summed E-state index contributed by atoms with van der Waals surface area (Å²) < 4.78 is 59.2. The maximum atomic E-state index is 13.8. The molecule has 0 aromatic heterocycles. The van der Waals surface area contributed by atoms with Crippen molar-refractivity contribution < 1.29 is 26.7 Å². The smallest absolute Gasteiger partial charge is 0.264 e. The van der Waals surface area contributed by atoms with Crippen molar-refractivity contribution in [3.8, 4) is 5.75 Å². The Hall–Kier alpha value is -2.68. The average Bonchev–Trinajstić information content (AvgIpc) is 2.73. The first kappa shape index (κ1) is 18.1. The monoisotopic (exact) mass is 382 g/mol. The van der Waals surface area contributed by atoms with Gasteiger partial charge in [-0.05, 0) is 37.3 Å². The zero-order chi connectivity index (χ0) is 18.9. The van der Waals surface area contributed by atoms with E-state index in [9.17, 15) is 22.0 Å². The normalized spacial score (nSPS) is 14.4. The second-order valence-corrected chi connectivity index (χ2v) is 7.28. The van der Waals surface area contributed by atoms with Gasteiger partial charge < -0.3 is 9.64 Å². The number of rotatable bonds is 4. The number of hydrogen-bond donors (Lipinski definition) is 1. The number of carbonyl (C=O) groups is 1. The van der Waals surface area contributed by atoms with Gasteiger partial charge in [-0.1, -0.05) is 0 Å². The fraction of sp³-hybridized carbons (Fsp3) is 0.235. The summed E-state index contributed by atoms with van der Waals surface area (Å²) in [6.07, 6.45) is 0. The van der Waals surface area contributed by atoms with Gasteiger partial charge in [0, 0.05) is 18.3 Å². The van der Waals surface area contributed by atoms with Gasteiger partial charge in [-0.15, -0.1) is 0 Å². The molecule has 1 N–H and O–H groups in total. The lowest BCUT2D eigenvalue weighted by Crippen LogP contribution is -2.32. The van der Waals surface area contributed by atoms with Crippen LogP contribution in [0.1, 0.15) is 17.3 Å². The SMILES string of the molecule is CCN1CCOc2ccc(NS(=O)(=O)c3ccc(F)cc3F)cc2C1=O. The predicted octanol–water partition coefficient (Wildman–Crippen LogP) is 2.62. The lowest BCUT2D eigenvalue weighted by atomic mass is 10.1.